The van der Waals surface area contributed by atoms with E-state index in [4.69, 9.17) is 9.72 Å². The third-order valence-electron chi connectivity index (χ3n) is 6.01. The molecule has 1 N–H and O–H groups in total. The van der Waals surface area contributed by atoms with Gasteiger partial charge in [0.2, 0.25) is 11.9 Å². The van der Waals surface area contributed by atoms with Crippen molar-refractivity contribution in [3.63, 3.8) is 0 Å². The molecule has 0 radical (unpaired) electrons. The summed E-state index contributed by atoms with van der Waals surface area (Å²) in [5, 5.41) is 3.42. The van der Waals surface area contributed by atoms with Gasteiger partial charge in [-0.1, -0.05) is 12.1 Å². The van der Waals surface area contributed by atoms with E-state index in [1.54, 1.807) is 14.0 Å². The fraction of sp³-hybridized carbons (Fsp3) is 0.478. The Morgan fingerprint density at radius 2 is 1.94 bits per heavy atom. The van der Waals surface area contributed by atoms with Gasteiger partial charge in [-0.25, -0.2) is 4.98 Å². The molecule has 4 rings (SSSR count). The van der Waals surface area contributed by atoms with Gasteiger partial charge in [0.15, 0.2) is 0 Å². The molecule has 170 valence electrons. The number of benzene rings is 1. The van der Waals surface area contributed by atoms with E-state index in [9.17, 15) is 9.59 Å². The van der Waals surface area contributed by atoms with Crippen LogP contribution in [0.5, 0.6) is 5.75 Å². The summed E-state index contributed by atoms with van der Waals surface area (Å²) in [6.45, 7) is 9.14. The van der Waals surface area contributed by atoms with Gasteiger partial charge < -0.3 is 24.8 Å². The summed E-state index contributed by atoms with van der Waals surface area (Å²) >= 11 is 0. The van der Waals surface area contributed by atoms with Crippen LogP contribution >= 0.6 is 0 Å². The van der Waals surface area contributed by atoms with Crippen molar-refractivity contribution in [1.82, 2.24) is 19.8 Å². The van der Waals surface area contributed by atoms with Gasteiger partial charge in [0, 0.05) is 51.3 Å². The average molecular weight is 439 g/mol. The van der Waals surface area contributed by atoms with Gasteiger partial charge in [-0.2, -0.15) is 4.98 Å². The molecule has 1 saturated heterocycles. The van der Waals surface area contributed by atoms with Crippen LogP contribution in [0.3, 0.4) is 0 Å². The van der Waals surface area contributed by atoms with Crippen LogP contribution in [0, 0.1) is 0 Å². The lowest BCUT2D eigenvalue weighted by Crippen LogP contribution is -2.48. The molecule has 0 spiro atoms. The number of methoxy groups -OCH3 is 1. The standard InChI is InChI=1S/C23H30N6O3/c1-15(2)29-14-19-20(22(29)31)25-23(28-10-8-27(9-11-28)16(3)30)26-21(19)24-13-17-6-5-7-18(12-17)32-4/h5-7,12,15H,8-11,13-14H2,1-4H3,(H,24,25,26). The molecule has 2 aliphatic rings. The second-order valence-corrected chi connectivity index (χ2v) is 8.42. The number of aromatic nitrogens is 2. The number of hydrogen-bond donors (Lipinski definition) is 1. The number of nitrogens with zero attached hydrogens (tertiary/aromatic N) is 5. The molecule has 0 unspecified atom stereocenters. The Morgan fingerprint density at radius 1 is 1.19 bits per heavy atom. The van der Waals surface area contributed by atoms with Crippen LogP contribution in [0.2, 0.25) is 0 Å². The van der Waals surface area contributed by atoms with E-state index in [0.29, 0.717) is 56.7 Å². The molecule has 1 aromatic carbocycles. The molecular weight excluding hydrogens is 408 g/mol. The monoisotopic (exact) mass is 438 g/mol. The zero-order valence-corrected chi connectivity index (χ0v) is 19.1. The zero-order valence-electron chi connectivity index (χ0n) is 19.1. The topological polar surface area (TPSA) is 90.9 Å². The van der Waals surface area contributed by atoms with Crippen molar-refractivity contribution in [3.8, 4) is 5.75 Å². The number of fused-ring (bicyclic) bond motifs is 1. The van der Waals surface area contributed by atoms with Crippen molar-refractivity contribution in [2.24, 2.45) is 0 Å². The van der Waals surface area contributed by atoms with Crippen LogP contribution in [0.25, 0.3) is 0 Å². The molecule has 3 heterocycles. The van der Waals surface area contributed by atoms with E-state index in [0.717, 1.165) is 16.9 Å². The van der Waals surface area contributed by atoms with Crippen LogP contribution in [0.15, 0.2) is 24.3 Å². The number of rotatable bonds is 6. The zero-order chi connectivity index (χ0) is 22.8. The maximum absolute atomic E-state index is 13.0. The largest absolute Gasteiger partial charge is 0.497 e. The molecule has 9 nitrogen and oxygen atoms in total. The van der Waals surface area contributed by atoms with Crippen LogP contribution in [0.1, 0.15) is 42.4 Å². The van der Waals surface area contributed by atoms with Gasteiger partial charge in [0.05, 0.1) is 13.7 Å². The van der Waals surface area contributed by atoms with E-state index in [2.05, 4.69) is 10.3 Å². The molecule has 2 aliphatic heterocycles. The van der Waals surface area contributed by atoms with Crippen LogP contribution in [-0.4, -0.2) is 70.9 Å². The fourth-order valence-electron chi connectivity index (χ4n) is 4.07. The van der Waals surface area contributed by atoms with Gasteiger partial charge in [-0.3, -0.25) is 9.59 Å². The van der Waals surface area contributed by atoms with Crippen LogP contribution < -0.4 is 15.0 Å². The highest BCUT2D eigenvalue weighted by Crippen LogP contribution is 2.31. The molecule has 2 aromatic rings. The SMILES string of the molecule is COc1cccc(CNc2nc(N3CCN(C(C)=O)CC3)nc3c2CN(C(C)C)C3=O)c1. The van der Waals surface area contributed by atoms with E-state index >= 15 is 0 Å². The van der Waals surface area contributed by atoms with Crippen molar-refractivity contribution < 1.29 is 14.3 Å². The number of carbonyl (C=O) groups is 2. The normalized spacial score (nSPS) is 15.9. The van der Waals surface area contributed by atoms with Gasteiger partial charge in [-0.15, -0.1) is 0 Å². The first-order valence-corrected chi connectivity index (χ1v) is 11.0. The highest BCUT2D eigenvalue weighted by atomic mass is 16.5. The summed E-state index contributed by atoms with van der Waals surface area (Å²) < 4.78 is 5.32. The number of anilines is 2. The summed E-state index contributed by atoms with van der Waals surface area (Å²) in [7, 11) is 1.65. The van der Waals surface area contributed by atoms with Crippen molar-refractivity contribution >= 4 is 23.6 Å². The average Bonchev–Trinajstić information content (AvgIpc) is 3.14. The third kappa shape index (κ3) is 4.32. The highest BCUT2D eigenvalue weighted by Gasteiger charge is 2.35. The maximum atomic E-state index is 13.0. The minimum absolute atomic E-state index is 0.0644. The third-order valence-corrected chi connectivity index (χ3v) is 6.01. The molecule has 32 heavy (non-hydrogen) atoms. The van der Waals surface area contributed by atoms with Crippen LogP contribution in [-0.2, 0) is 17.9 Å². The molecule has 2 amide bonds. The number of ether oxygens (including phenoxy) is 1. The lowest BCUT2D eigenvalue weighted by molar-refractivity contribution is -0.129. The number of nitrogens with one attached hydrogen (secondary N) is 1. The molecule has 0 bridgehead atoms. The quantitative estimate of drug-likeness (QED) is 0.739. The molecule has 1 aromatic heterocycles. The molecule has 1 fully saturated rings. The second-order valence-electron chi connectivity index (χ2n) is 8.42. The summed E-state index contributed by atoms with van der Waals surface area (Å²) in [4.78, 5) is 39.9. The van der Waals surface area contributed by atoms with Gasteiger partial charge in [0.1, 0.15) is 17.3 Å². The molecule has 0 saturated carbocycles. The van der Waals surface area contributed by atoms with Crippen molar-refractivity contribution in [2.45, 2.75) is 39.9 Å². The Bertz CT molecular complexity index is 1020. The highest BCUT2D eigenvalue weighted by molar-refractivity contribution is 5.98. The molecule has 0 atom stereocenters. The van der Waals surface area contributed by atoms with Gasteiger partial charge >= 0.3 is 0 Å². The van der Waals surface area contributed by atoms with Gasteiger partial charge in [-0.05, 0) is 31.5 Å². The van der Waals surface area contributed by atoms with E-state index < -0.39 is 0 Å². The fourth-order valence-corrected chi connectivity index (χ4v) is 4.07. The summed E-state index contributed by atoms with van der Waals surface area (Å²) in [6.07, 6.45) is 0. The van der Waals surface area contributed by atoms with Crippen LogP contribution in [0.4, 0.5) is 11.8 Å². The van der Waals surface area contributed by atoms with E-state index in [1.165, 1.54) is 0 Å². The number of hydrogen-bond acceptors (Lipinski definition) is 7. The molecule has 0 aliphatic carbocycles. The Labute approximate surface area is 188 Å². The smallest absolute Gasteiger partial charge is 0.273 e. The number of carbonyl (C=O) groups excluding carboxylic acids is 2. The minimum atomic E-state index is -0.0644. The molecular formula is C23H30N6O3. The molecule has 9 heteroatoms. The second kappa shape index (κ2) is 9.02. The first kappa shape index (κ1) is 21.9. The first-order chi connectivity index (χ1) is 15.4. The summed E-state index contributed by atoms with van der Waals surface area (Å²) in [6, 6.07) is 7.92. The Balaban J connectivity index is 1.62. The Hall–Kier alpha value is -3.36. The number of piperazine rings is 1. The lowest BCUT2D eigenvalue weighted by atomic mass is 10.2. The first-order valence-electron chi connectivity index (χ1n) is 11.0. The summed E-state index contributed by atoms with van der Waals surface area (Å²) in [5.74, 6) is 2.01. The maximum Gasteiger partial charge on any atom is 0.273 e. The van der Waals surface area contributed by atoms with Gasteiger partial charge in [0.25, 0.3) is 5.91 Å². The van der Waals surface area contributed by atoms with Crippen molar-refractivity contribution in [3.05, 3.63) is 41.1 Å². The Morgan fingerprint density at radius 3 is 2.59 bits per heavy atom. The minimum Gasteiger partial charge on any atom is -0.497 e. The number of amides is 2. The van der Waals surface area contributed by atoms with Crippen molar-refractivity contribution in [1.29, 1.82) is 0 Å². The van der Waals surface area contributed by atoms with E-state index in [1.807, 2.05) is 52.8 Å². The lowest BCUT2D eigenvalue weighted by Gasteiger charge is -2.34. The summed E-state index contributed by atoms with van der Waals surface area (Å²) in [5.41, 5.74) is 2.35. The predicted octanol–water partition coefficient (Wildman–Crippen LogP) is 2.13. The van der Waals surface area contributed by atoms with Crippen molar-refractivity contribution in [2.75, 3.05) is 43.5 Å². The van der Waals surface area contributed by atoms with E-state index in [-0.39, 0.29) is 17.9 Å². The Kier molecular flexibility index (Phi) is 6.16. The predicted molar refractivity (Wildman–Crippen MR) is 122 cm³/mol.